The van der Waals surface area contributed by atoms with Crippen molar-refractivity contribution in [2.45, 2.75) is 6.92 Å². The van der Waals surface area contributed by atoms with E-state index < -0.39 is 5.95 Å². The largest absolute Gasteiger partial charge is 0.228 e. The maximum absolute atomic E-state index is 12.0. The van der Waals surface area contributed by atoms with E-state index in [0.29, 0.717) is 0 Å². The van der Waals surface area contributed by atoms with Gasteiger partial charge in [-0.15, -0.1) is 0 Å². The Morgan fingerprint density at radius 2 is 2.25 bits per heavy atom. The molecule has 0 N–H and O–H groups in total. The van der Waals surface area contributed by atoms with E-state index >= 15 is 0 Å². The summed E-state index contributed by atoms with van der Waals surface area (Å²) in [6, 6.07) is 3.03. The minimum absolute atomic E-state index is 0.421. The number of pyridine rings is 1. The maximum Gasteiger partial charge on any atom is 0.212 e. The first-order valence-electron chi connectivity index (χ1n) is 2.37. The van der Waals surface area contributed by atoms with Crippen LogP contribution >= 0.6 is 0 Å². The Bertz CT molecular complexity index is 147. The van der Waals surface area contributed by atoms with Crippen LogP contribution in [0.4, 0.5) is 4.39 Å². The van der Waals surface area contributed by atoms with Gasteiger partial charge in [-0.2, -0.15) is 4.39 Å². The van der Waals surface area contributed by atoms with Gasteiger partial charge >= 0.3 is 0 Å². The van der Waals surface area contributed by atoms with Gasteiger partial charge in [-0.25, -0.2) is 4.98 Å². The van der Waals surface area contributed by atoms with Crippen LogP contribution < -0.4 is 0 Å². The van der Waals surface area contributed by atoms with E-state index in [1.807, 2.05) is 6.92 Å². The van der Waals surface area contributed by atoms with E-state index in [1.165, 1.54) is 12.3 Å². The number of hydrogen-bond acceptors (Lipinski definition) is 1. The van der Waals surface area contributed by atoms with Gasteiger partial charge in [-0.3, -0.25) is 0 Å². The molecule has 1 heterocycles. The smallest absolute Gasteiger partial charge is 0.212 e. The Kier molecular flexibility index (Phi) is 1.24. The predicted molar refractivity (Wildman–Crippen MR) is 28.9 cm³/mol. The van der Waals surface area contributed by atoms with Crippen LogP contribution in [-0.4, -0.2) is 4.98 Å². The first kappa shape index (κ1) is 5.22. The topological polar surface area (TPSA) is 12.9 Å². The SMILES string of the molecule is Cc1ccc([18F])nc1. The second kappa shape index (κ2) is 1.90. The van der Waals surface area contributed by atoms with Crippen LogP contribution in [0.3, 0.4) is 0 Å². The molecule has 8 heavy (non-hydrogen) atoms. The zero-order chi connectivity index (χ0) is 5.98. The predicted octanol–water partition coefficient (Wildman–Crippen LogP) is 1.53. The fraction of sp³-hybridized carbons (Fsp3) is 0.167. The van der Waals surface area contributed by atoms with Crippen molar-refractivity contribution in [3.63, 3.8) is 0 Å². The molecule has 0 aromatic carbocycles. The molecule has 0 atom stereocenters. The van der Waals surface area contributed by atoms with Crippen LogP contribution in [0.5, 0.6) is 0 Å². The number of hydrogen-bond donors (Lipinski definition) is 0. The Hall–Kier alpha value is -0.920. The molecule has 2 heteroatoms. The normalized spacial score (nSPS) is 9.25. The zero-order valence-electron chi connectivity index (χ0n) is 4.56. The molecule has 0 aliphatic heterocycles. The van der Waals surface area contributed by atoms with Crippen molar-refractivity contribution < 1.29 is 4.39 Å². The Balaban J connectivity index is 3.03. The number of rotatable bonds is 0. The van der Waals surface area contributed by atoms with Gasteiger partial charge in [0.15, 0.2) is 0 Å². The monoisotopic (exact) mass is 110 g/mol. The Labute approximate surface area is 47.2 Å². The van der Waals surface area contributed by atoms with Crippen molar-refractivity contribution in [2.75, 3.05) is 0 Å². The number of aryl methyl sites for hydroxylation is 1. The lowest BCUT2D eigenvalue weighted by molar-refractivity contribution is 0.583. The van der Waals surface area contributed by atoms with E-state index in [0.717, 1.165) is 5.56 Å². The summed E-state index contributed by atoms with van der Waals surface area (Å²) in [5, 5.41) is 0. The third kappa shape index (κ3) is 1.03. The summed E-state index contributed by atoms with van der Waals surface area (Å²) in [6.45, 7) is 1.87. The van der Waals surface area contributed by atoms with Crippen molar-refractivity contribution in [1.29, 1.82) is 0 Å². The molecule has 1 nitrogen and oxygen atoms in total. The van der Waals surface area contributed by atoms with E-state index in [1.54, 1.807) is 6.07 Å². The summed E-state index contributed by atoms with van der Waals surface area (Å²) in [5.74, 6) is -0.421. The van der Waals surface area contributed by atoms with Crippen molar-refractivity contribution >= 4 is 0 Å². The molecule has 0 amide bonds. The molecule has 0 spiro atoms. The molecule has 1 aromatic heterocycles. The number of nitrogens with zero attached hydrogens (tertiary/aromatic N) is 1. The standard InChI is InChI=1S/C6H6FN/c1-5-2-3-6(7)8-4-5/h2-4H,1H3/i7-1. The first-order valence-corrected chi connectivity index (χ1v) is 2.37. The van der Waals surface area contributed by atoms with Gasteiger partial charge < -0.3 is 0 Å². The molecular weight excluding hydrogens is 104 g/mol. The second-order valence-electron chi connectivity index (χ2n) is 1.66. The maximum atomic E-state index is 12.0. The fourth-order valence-electron chi connectivity index (χ4n) is 0.450. The van der Waals surface area contributed by atoms with Crippen LogP contribution in [-0.2, 0) is 0 Å². The molecule has 1 aromatic rings. The summed E-state index contributed by atoms with van der Waals surface area (Å²) < 4.78 is 12.0. The summed E-state index contributed by atoms with van der Waals surface area (Å²) in [4.78, 5) is 3.41. The van der Waals surface area contributed by atoms with Gasteiger partial charge in [0, 0.05) is 6.20 Å². The zero-order valence-corrected chi connectivity index (χ0v) is 4.56. The lowest BCUT2D eigenvalue weighted by Gasteiger charge is -1.86. The molecule has 0 saturated carbocycles. The summed E-state index contributed by atoms with van der Waals surface area (Å²) in [7, 11) is 0. The molecule has 1 rings (SSSR count). The van der Waals surface area contributed by atoms with Crippen molar-refractivity contribution in [2.24, 2.45) is 0 Å². The summed E-state index contributed by atoms with van der Waals surface area (Å²) in [6.07, 6.45) is 1.50. The molecule has 0 radical (unpaired) electrons. The molecule has 0 saturated heterocycles. The van der Waals surface area contributed by atoms with Gasteiger partial charge in [0.25, 0.3) is 0 Å². The van der Waals surface area contributed by atoms with Gasteiger partial charge in [-0.05, 0) is 18.6 Å². The Morgan fingerprint density at radius 3 is 2.62 bits per heavy atom. The lowest BCUT2D eigenvalue weighted by Crippen LogP contribution is -1.79. The molecule has 0 fully saturated rings. The van der Waals surface area contributed by atoms with Gasteiger partial charge in [0.05, 0.1) is 0 Å². The van der Waals surface area contributed by atoms with Crippen LogP contribution in [0.25, 0.3) is 0 Å². The molecule has 0 unspecified atom stereocenters. The van der Waals surface area contributed by atoms with Gasteiger partial charge in [0.1, 0.15) is 0 Å². The fourth-order valence-corrected chi connectivity index (χ4v) is 0.450. The van der Waals surface area contributed by atoms with Crippen molar-refractivity contribution in [3.05, 3.63) is 29.8 Å². The number of aromatic nitrogens is 1. The highest BCUT2D eigenvalue weighted by Crippen LogP contribution is 1.94. The van der Waals surface area contributed by atoms with E-state index in [2.05, 4.69) is 4.98 Å². The van der Waals surface area contributed by atoms with Crippen molar-refractivity contribution in [3.8, 4) is 0 Å². The third-order valence-corrected chi connectivity index (χ3v) is 0.875. The average Bonchev–Trinajstić information content (AvgIpc) is 1.77. The molecule has 0 bridgehead atoms. The van der Waals surface area contributed by atoms with Crippen LogP contribution in [0.15, 0.2) is 18.3 Å². The van der Waals surface area contributed by atoms with Crippen LogP contribution in [0.2, 0.25) is 0 Å². The van der Waals surface area contributed by atoms with E-state index in [-0.39, 0.29) is 0 Å². The summed E-state index contributed by atoms with van der Waals surface area (Å²) in [5.41, 5.74) is 0.978. The quantitative estimate of drug-likeness (QED) is 0.461. The van der Waals surface area contributed by atoms with Gasteiger partial charge in [-0.1, -0.05) is 6.07 Å². The van der Waals surface area contributed by atoms with Crippen LogP contribution in [0, 0.1) is 12.9 Å². The first-order chi connectivity index (χ1) is 3.79. The highest BCUT2D eigenvalue weighted by Gasteiger charge is 1.85. The van der Waals surface area contributed by atoms with E-state index in [4.69, 9.17) is 0 Å². The highest BCUT2D eigenvalue weighted by atomic mass is 18.2. The second-order valence-corrected chi connectivity index (χ2v) is 1.66. The van der Waals surface area contributed by atoms with Crippen LogP contribution in [0.1, 0.15) is 5.56 Å². The minimum atomic E-state index is -0.421. The Morgan fingerprint density at radius 1 is 1.50 bits per heavy atom. The molecular formula is C6H6FN. The van der Waals surface area contributed by atoms with E-state index in [9.17, 15) is 4.39 Å². The summed E-state index contributed by atoms with van der Waals surface area (Å²) >= 11 is 0. The molecule has 42 valence electrons. The molecule has 0 aliphatic rings. The highest BCUT2D eigenvalue weighted by molar-refractivity contribution is 5.05. The minimum Gasteiger partial charge on any atom is -0.228 e. The number of halogens is 1. The van der Waals surface area contributed by atoms with Gasteiger partial charge in [0.2, 0.25) is 5.95 Å². The lowest BCUT2D eigenvalue weighted by atomic mass is 10.3. The molecule has 0 aliphatic carbocycles. The third-order valence-electron chi connectivity index (χ3n) is 0.875. The van der Waals surface area contributed by atoms with Crippen molar-refractivity contribution in [1.82, 2.24) is 4.98 Å². The average molecular weight is 110 g/mol.